The van der Waals surface area contributed by atoms with Crippen molar-refractivity contribution < 1.29 is 0 Å². The zero-order valence-corrected chi connectivity index (χ0v) is 7.31. The Morgan fingerprint density at radius 3 is 2.27 bits per heavy atom. The first-order chi connectivity index (χ1) is 5.41. The summed E-state index contributed by atoms with van der Waals surface area (Å²) in [6.45, 7) is 0. The van der Waals surface area contributed by atoms with E-state index in [0.717, 1.165) is 5.41 Å². The first-order valence-corrected chi connectivity index (χ1v) is 5.41. The van der Waals surface area contributed by atoms with E-state index >= 15 is 0 Å². The number of rotatable bonds is 1. The zero-order valence-electron chi connectivity index (χ0n) is 7.31. The van der Waals surface area contributed by atoms with Crippen molar-refractivity contribution in [2.24, 2.45) is 17.3 Å². The molecule has 1 spiro atoms. The van der Waals surface area contributed by atoms with Crippen molar-refractivity contribution in [2.75, 3.05) is 0 Å². The van der Waals surface area contributed by atoms with E-state index in [9.17, 15) is 0 Å². The van der Waals surface area contributed by atoms with E-state index in [1.165, 1.54) is 18.3 Å². The van der Waals surface area contributed by atoms with E-state index < -0.39 is 0 Å². The summed E-state index contributed by atoms with van der Waals surface area (Å²) in [7, 11) is 0. The van der Waals surface area contributed by atoms with Crippen LogP contribution in [0.4, 0.5) is 0 Å². The zero-order chi connectivity index (χ0) is 7.31. The summed E-state index contributed by atoms with van der Waals surface area (Å²) in [5.41, 5.74) is 0.930. The van der Waals surface area contributed by atoms with Crippen LogP contribution in [0.3, 0.4) is 0 Å². The van der Waals surface area contributed by atoms with Gasteiger partial charge in [0.1, 0.15) is 0 Å². The van der Waals surface area contributed by atoms with Crippen molar-refractivity contribution in [3.05, 3.63) is 0 Å². The molecule has 11 heavy (non-hydrogen) atoms. The van der Waals surface area contributed by atoms with Gasteiger partial charge in [-0.15, -0.1) is 0 Å². The molecule has 62 valence electrons. The van der Waals surface area contributed by atoms with Crippen molar-refractivity contribution in [1.29, 1.82) is 0 Å². The Morgan fingerprint density at radius 2 is 1.64 bits per heavy atom. The summed E-state index contributed by atoms with van der Waals surface area (Å²) < 4.78 is 0. The SMILES string of the molecule is C1CCC2(CC1)CC2C1CC1. The van der Waals surface area contributed by atoms with Gasteiger partial charge in [-0.2, -0.15) is 0 Å². The van der Waals surface area contributed by atoms with Crippen LogP contribution in [0.2, 0.25) is 0 Å². The highest BCUT2D eigenvalue weighted by molar-refractivity contribution is 5.08. The van der Waals surface area contributed by atoms with Crippen molar-refractivity contribution in [3.63, 3.8) is 0 Å². The average molecular weight is 150 g/mol. The Morgan fingerprint density at radius 1 is 0.909 bits per heavy atom. The molecule has 3 saturated carbocycles. The Hall–Kier alpha value is 0. The normalized spacial score (nSPS) is 40.9. The van der Waals surface area contributed by atoms with Crippen LogP contribution in [0.25, 0.3) is 0 Å². The van der Waals surface area contributed by atoms with E-state index in [0.29, 0.717) is 0 Å². The quantitative estimate of drug-likeness (QED) is 0.537. The molecule has 0 aliphatic heterocycles. The highest BCUT2D eigenvalue weighted by Crippen LogP contribution is 2.68. The summed E-state index contributed by atoms with van der Waals surface area (Å²) in [6.07, 6.45) is 12.6. The molecule has 0 heterocycles. The van der Waals surface area contributed by atoms with Gasteiger partial charge in [-0.3, -0.25) is 0 Å². The molecule has 0 aromatic heterocycles. The van der Waals surface area contributed by atoms with Gasteiger partial charge in [0.25, 0.3) is 0 Å². The minimum absolute atomic E-state index is 0.930. The summed E-state index contributed by atoms with van der Waals surface area (Å²) in [5.74, 6) is 2.41. The fraction of sp³-hybridized carbons (Fsp3) is 1.00. The lowest BCUT2D eigenvalue weighted by molar-refractivity contribution is 0.298. The Kier molecular flexibility index (Phi) is 1.20. The van der Waals surface area contributed by atoms with Crippen LogP contribution >= 0.6 is 0 Å². The molecule has 0 aromatic carbocycles. The topological polar surface area (TPSA) is 0 Å². The molecule has 0 heteroatoms. The van der Waals surface area contributed by atoms with Crippen LogP contribution in [0.15, 0.2) is 0 Å². The molecular weight excluding hydrogens is 132 g/mol. The van der Waals surface area contributed by atoms with Gasteiger partial charge in [0.05, 0.1) is 0 Å². The van der Waals surface area contributed by atoms with Crippen molar-refractivity contribution in [2.45, 2.75) is 51.4 Å². The Balaban J connectivity index is 1.67. The fourth-order valence-corrected chi connectivity index (χ4v) is 3.38. The van der Waals surface area contributed by atoms with Crippen molar-refractivity contribution >= 4 is 0 Å². The summed E-state index contributed by atoms with van der Waals surface area (Å²) in [4.78, 5) is 0. The van der Waals surface area contributed by atoms with Crippen molar-refractivity contribution in [3.8, 4) is 0 Å². The second kappa shape index (κ2) is 2.02. The largest absolute Gasteiger partial charge is 0.0533 e. The Labute approximate surface area is 69.4 Å². The van der Waals surface area contributed by atoms with Gasteiger partial charge in [0, 0.05) is 0 Å². The number of hydrogen-bond donors (Lipinski definition) is 0. The second-order valence-corrected chi connectivity index (χ2v) is 5.07. The summed E-state index contributed by atoms with van der Waals surface area (Å²) in [5, 5.41) is 0. The van der Waals surface area contributed by atoms with Crippen LogP contribution in [0.1, 0.15) is 51.4 Å². The number of hydrogen-bond acceptors (Lipinski definition) is 0. The molecule has 3 fully saturated rings. The molecule has 0 radical (unpaired) electrons. The predicted octanol–water partition coefficient (Wildman–Crippen LogP) is 3.37. The lowest BCUT2D eigenvalue weighted by atomic mass is 9.83. The molecule has 0 aromatic rings. The van der Waals surface area contributed by atoms with E-state index in [2.05, 4.69) is 0 Å². The van der Waals surface area contributed by atoms with E-state index in [4.69, 9.17) is 0 Å². The third-order valence-corrected chi connectivity index (χ3v) is 4.29. The summed E-state index contributed by atoms with van der Waals surface area (Å²) >= 11 is 0. The maximum Gasteiger partial charge on any atom is -0.0263 e. The molecule has 0 saturated heterocycles. The van der Waals surface area contributed by atoms with E-state index in [-0.39, 0.29) is 0 Å². The highest BCUT2D eigenvalue weighted by atomic mass is 14.6. The van der Waals surface area contributed by atoms with Crippen LogP contribution in [0, 0.1) is 17.3 Å². The van der Waals surface area contributed by atoms with E-state index in [1.807, 2.05) is 0 Å². The monoisotopic (exact) mass is 150 g/mol. The van der Waals surface area contributed by atoms with Gasteiger partial charge < -0.3 is 0 Å². The molecule has 3 aliphatic carbocycles. The third-order valence-electron chi connectivity index (χ3n) is 4.29. The van der Waals surface area contributed by atoms with Gasteiger partial charge in [-0.1, -0.05) is 19.3 Å². The lowest BCUT2D eigenvalue weighted by Gasteiger charge is -2.22. The minimum atomic E-state index is 0.930. The second-order valence-electron chi connectivity index (χ2n) is 5.07. The average Bonchev–Trinajstić information content (AvgIpc) is 2.86. The molecule has 1 unspecified atom stereocenters. The Bertz CT molecular complexity index is 161. The molecule has 3 rings (SSSR count). The first kappa shape index (κ1) is 6.51. The maximum atomic E-state index is 1.62. The molecular formula is C11H18. The third kappa shape index (κ3) is 0.947. The standard InChI is InChI=1S/C11H18/c1-2-6-11(7-3-1)8-10(11)9-4-5-9/h9-10H,1-8H2. The molecule has 0 bridgehead atoms. The van der Waals surface area contributed by atoms with Crippen LogP contribution < -0.4 is 0 Å². The summed E-state index contributed by atoms with van der Waals surface area (Å²) in [6, 6.07) is 0. The highest BCUT2D eigenvalue weighted by Gasteiger charge is 2.58. The molecule has 0 nitrogen and oxygen atoms in total. The molecule has 3 aliphatic rings. The van der Waals surface area contributed by atoms with Gasteiger partial charge in [-0.25, -0.2) is 0 Å². The predicted molar refractivity (Wildman–Crippen MR) is 46.3 cm³/mol. The van der Waals surface area contributed by atoms with Gasteiger partial charge in [0.2, 0.25) is 0 Å². The van der Waals surface area contributed by atoms with Gasteiger partial charge in [0.15, 0.2) is 0 Å². The fourth-order valence-electron chi connectivity index (χ4n) is 3.38. The maximum absolute atomic E-state index is 1.62. The van der Waals surface area contributed by atoms with E-state index in [1.54, 1.807) is 44.9 Å². The smallest absolute Gasteiger partial charge is 0.0263 e. The lowest BCUT2D eigenvalue weighted by Crippen LogP contribution is -2.09. The van der Waals surface area contributed by atoms with Crippen molar-refractivity contribution in [1.82, 2.24) is 0 Å². The molecule has 0 amide bonds. The minimum Gasteiger partial charge on any atom is -0.0533 e. The van der Waals surface area contributed by atoms with Gasteiger partial charge >= 0.3 is 0 Å². The molecule has 0 N–H and O–H groups in total. The van der Waals surface area contributed by atoms with Crippen LogP contribution in [-0.2, 0) is 0 Å². The van der Waals surface area contributed by atoms with Gasteiger partial charge in [-0.05, 0) is 49.4 Å². The van der Waals surface area contributed by atoms with Crippen LogP contribution in [0.5, 0.6) is 0 Å². The van der Waals surface area contributed by atoms with Crippen LogP contribution in [-0.4, -0.2) is 0 Å². The molecule has 1 atom stereocenters. The first-order valence-electron chi connectivity index (χ1n) is 5.41.